The maximum atomic E-state index is 10.0. The molecule has 0 saturated heterocycles. The molecular formula is C12H20N2O4. The van der Waals surface area contributed by atoms with E-state index in [1.807, 2.05) is 13.1 Å². The highest BCUT2D eigenvalue weighted by Gasteiger charge is 1.96. The van der Waals surface area contributed by atoms with E-state index in [-0.39, 0.29) is 12.8 Å². The Hall–Kier alpha value is -1.85. The second-order valence-electron chi connectivity index (χ2n) is 3.96. The average molecular weight is 256 g/mol. The van der Waals surface area contributed by atoms with E-state index in [0.29, 0.717) is 12.8 Å². The van der Waals surface area contributed by atoms with E-state index in [9.17, 15) is 14.7 Å². The SMILES string of the molecule is Cc1c[nH+]c[nH]1.O=C([O-])CCCCCCC(=O)O. The van der Waals surface area contributed by atoms with Gasteiger partial charge in [-0.15, -0.1) is 0 Å². The molecule has 6 nitrogen and oxygen atoms in total. The fraction of sp³-hybridized carbons (Fsp3) is 0.583. The van der Waals surface area contributed by atoms with Gasteiger partial charge in [0.1, 0.15) is 11.9 Å². The average Bonchev–Trinajstić information content (AvgIpc) is 2.74. The number of aromatic nitrogens is 2. The van der Waals surface area contributed by atoms with Crippen molar-refractivity contribution >= 4 is 11.9 Å². The van der Waals surface area contributed by atoms with E-state index in [4.69, 9.17) is 5.11 Å². The second-order valence-corrected chi connectivity index (χ2v) is 3.96. The summed E-state index contributed by atoms with van der Waals surface area (Å²) in [6.07, 6.45) is 6.69. The van der Waals surface area contributed by atoms with Crippen LogP contribution < -0.4 is 10.1 Å². The number of H-pyrrole nitrogens is 2. The van der Waals surface area contributed by atoms with Crippen LogP contribution in [0.4, 0.5) is 0 Å². The summed E-state index contributed by atoms with van der Waals surface area (Å²) in [5.74, 6) is -1.83. The summed E-state index contributed by atoms with van der Waals surface area (Å²) in [6, 6.07) is 0. The number of unbranched alkanes of at least 4 members (excludes halogenated alkanes) is 3. The van der Waals surface area contributed by atoms with Gasteiger partial charge in [0, 0.05) is 19.3 Å². The van der Waals surface area contributed by atoms with E-state index in [2.05, 4.69) is 9.97 Å². The molecule has 0 aliphatic rings. The number of hydrogen-bond donors (Lipinski definition) is 2. The van der Waals surface area contributed by atoms with E-state index in [0.717, 1.165) is 18.5 Å². The van der Waals surface area contributed by atoms with Crippen LogP contribution in [0.25, 0.3) is 0 Å². The van der Waals surface area contributed by atoms with Gasteiger partial charge in [-0.05, 0) is 19.3 Å². The molecule has 0 saturated carbocycles. The van der Waals surface area contributed by atoms with Crippen molar-refractivity contribution < 1.29 is 24.8 Å². The standard InChI is InChI=1S/C8H14O4.C4H6N2/c9-7(10)5-3-1-2-4-6-8(11)12;1-4-2-5-3-6-4/h1-6H2,(H,9,10)(H,11,12);2-3H,1H3,(H,5,6). The number of aliphatic carboxylic acids is 2. The van der Waals surface area contributed by atoms with Crippen molar-refractivity contribution in [3.63, 3.8) is 0 Å². The van der Waals surface area contributed by atoms with Crippen LogP contribution in [0, 0.1) is 6.92 Å². The molecule has 1 aromatic rings. The monoisotopic (exact) mass is 256 g/mol. The zero-order chi connectivity index (χ0) is 13.8. The Labute approximate surface area is 106 Å². The Bertz CT molecular complexity index is 318. The lowest BCUT2D eigenvalue weighted by Gasteiger charge is -2.00. The number of nitrogens with one attached hydrogen (secondary N) is 2. The predicted molar refractivity (Wildman–Crippen MR) is 62.4 cm³/mol. The van der Waals surface area contributed by atoms with Crippen LogP contribution >= 0.6 is 0 Å². The largest absolute Gasteiger partial charge is 0.550 e. The molecule has 0 spiro atoms. The number of hydrogen-bond acceptors (Lipinski definition) is 3. The number of aromatic amines is 2. The Morgan fingerprint density at radius 2 is 1.89 bits per heavy atom. The van der Waals surface area contributed by atoms with Gasteiger partial charge in [-0.25, -0.2) is 4.98 Å². The molecule has 18 heavy (non-hydrogen) atoms. The molecule has 1 aromatic heterocycles. The zero-order valence-corrected chi connectivity index (χ0v) is 10.6. The van der Waals surface area contributed by atoms with Crippen LogP contribution in [0.1, 0.15) is 44.2 Å². The third kappa shape index (κ3) is 12.2. The van der Waals surface area contributed by atoms with Crippen LogP contribution in [0.3, 0.4) is 0 Å². The number of carbonyl (C=O) groups is 2. The number of aryl methyl sites for hydroxylation is 1. The molecule has 0 bridgehead atoms. The highest BCUT2D eigenvalue weighted by atomic mass is 16.4. The number of carboxylic acids is 2. The molecule has 1 rings (SSSR count). The quantitative estimate of drug-likeness (QED) is 0.684. The first-order chi connectivity index (χ1) is 8.52. The van der Waals surface area contributed by atoms with E-state index < -0.39 is 11.9 Å². The van der Waals surface area contributed by atoms with Crippen LogP contribution in [0.5, 0.6) is 0 Å². The summed E-state index contributed by atoms with van der Waals surface area (Å²) in [7, 11) is 0. The number of rotatable bonds is 7. The molecule has 0 amide bonds. The van der Waals surface area contributed by atoms with Crippen molar-refractivity contribution in [1.29, 1.82) is 0 Å². The molecule has 0 aliphatic carbocycles. The highest BCUT2D eigenvalue weighted by molar-refractivity contribution is 5.66. The van der Waals surface area contributed by atoms with Gasteiger partial charge in [-0.1, -0.05) is 12.8 Å². The van der Waals surface area contributed by atoms with Gasteiger partial charge in [-0.3, -0.25) is 9.78 Å². The first-order valence-corrected chi connectivity index (χ1v) is 5.95. The van der Waals surface area contributed by atoms with Crippen LogP contribution in [0.2, 0.25) is 0 Å². The maximum Gasteiger partial charge on any atom is 0.303 e. The van der Waals surface area contributed by atoms with Crippen molar-refractivity contribution in [1.82, 2.24) is 4.98 Å². The topological polar surface area (TPSA) is 107 Å². The normalized spacial score (nSPS) is 9.39. The lowest BCUT2D eigenvalue weighted by Crippen LogP contribution is -2.21. The molecule has 0 aromatic carbocycles. The summed E-state index contributed by atoms with van der Waals surface area (Å²) in [4.78, 5) is 25.8. The summed E-state index contributed by atoms with van der Waals surface area (Å²) < 4.78 is 0. The Morgan fingerprint density at radius 3 is 2.22 bits per heavy atom. The van der Waals surface area contributed by atoms with Gasteiger partial charge in [0.15, 0.2) is 0 Å². The van der Waals surface area contributed by atoms with E-state index in [1.54, 1.807) is 6.33 Å². The summed E-state index contributed by atoms with van der Waals surface area (Å²) in [6.45, 7) is 2.00. The Morgan fingerprint density at radius 1 is 1.28 bits per heavy atom. The first kappa shape index (κ1) is 16.1. The Balaban J connectivity index is 0.000000397. The van der Waals surface area contributed by atoms with Gasteiger partial charge >= 0.3 is 5.97 Å². The first-order valence-electron chi connectivity index (χ1n) is 5.95. The molecule has 0 fully saturated rings. The number of imidazole rings is 1. The highest BCUT2D eigenvalue weighted by Crippen LogP contribution is 2.04. The minimum Gasteiger partial charge on any atom is -0.550 e. The van der Waals surface area contributed by atoms with E-state index >= 15 is 0 Å². The third-order valence-corrected chi connectivity index (χ3v) is 2.20. The summed E-state index contributed by atoms with van der Waals surface area (Å²) in [5.41, 5.74) is 1.16. The molecule has 1 heterocycles. The predicted octanol–water partition coefficient (Wildman–Crippen LogP) is 0.299. The van der Waals surface area contributed by atoms with Crippen LogP contribution in [-0.2, 0) is 9.59 Å². The molecule has 0 unspecified atom stereocenters. The zero-order valence-electron chi connectivity index (χ0n) is 10.6. The van der Waals surface area contributed by atoms with Crippen molar-refractivity contribution in [2.45, 2.75) is 45.4 Å². The lowest BCUT2D eigenvalue weighted by atomic mass is 10.1. The van der Waals surface area contributed by atoms with Crippen LogP contribution in [-0.4, -0.2) is 22.0 Å². The van der Waals surface area contributed by atoms with Gasteiger partial charge < -0.3 is 15.0 Å². The smallest absolute Gasteiger partial charge is 0.303 e. The van der Waals surface area contributed by atoms with Gasteiger partial charge in [0.25, 0.3) is 0 Å². The van der Waals surface area contributed by atoms with Crippen LogP contribution in [0.15, 0.2) is 12.5 Å². The molecule has 6 heteroatoms. The second kappa shape index (κ2) is 10.3. The van der Waals surface area contributed by atoms with Crippen molar-refractivity contribution in [2.75, 3.05) is 0 Å². The fourth-order valence-corrected chi connectivity index (χ4v) is 1.26. The molecule has 0 radical (unpaired) electrons. The summed E-state index contributed by atoms with van der Waals surface area (Å²) >= 11 is 0. The molecule has 0 aliphatic heterocycles. The van der Waals surface area contributed by atoms with Crippen molar-refractivity contribution in [3.8, 4) is 0 Å². The van der Waals surface area contributed by atoms with Gasteiger partial charge in [0.2, 0.25) is 6.33 Å². The molecule has 3 N–H and O–H groups in total. The minimum atomic E-state index is -1.03. The Kier molecular flexibility index (Phi) is 9.25. The summed E-state index contributed by atoms with van der Waals surface area (Å²) in [5, 5.41) is 18.2. The lowest BCUT2D eigenvalue weighted by molar-refractivity contribution is -0.376. The fourth-order valence-electron chi connectivity index (χ4n) is 1.26. The van der Waals surface area contributed by atoms with Gasteiger partial charge in [0.05, 0.1) is 0 Å². The maximum absolute atomic E-state index is 10.0. The molecular weight excluding hydrogens is 236 g/mol. The van der Waals surface area contributed by atoms with Gasteiger partial charge in [-0.2, -0.15) is 0 Å². The number of carboxylic acid groups (broad SMARTS) is 2. The van der Waals surface area contributed by atoms with Crippen molar-refractivity contribution in [3.05, 3.63) is 18.2 Å². The third-order valence-electron chi connectivity index (χ3n) is 2.20. The molecule has 0 atom stereocenters. The molecule has 102 valence electrons. The minimum absolute atomic E-state index is 0.0765. The van der Waals surface area contributed by atoms with E-state index in [1.165, 1.54) is 0 Å². The van der Waals surface area contributed by atoms with Crippen molar-refractivity contribution in [2.24, 2.45) is 0 Å². The number of carbonyl (C=O) groups excluding carboxylic acids is 1.